The lowest BCUT2D eigenvalue weighted by Crippen LogP contribution is -2.29. The van der Waals surface area contributed by atoms with Crippen molar-refractivity contribution in [1.29, 1.82) is 0 Å². The fourth-order valence-corrected chi connectivity index (χ4v) is 3.11. The molecule has 128 valence electrons. The largest absolute Gasteiger partial charge is 0.338 e. The van der Waals surface area contributed by atoms with E-state index in [9.17, 15) is 4.79 Å². The van der Waals surface area contributed by atoms with Crippen molar-refractivity contribution in [3.63, 3.8) is 0 Å². The third-order valence-electron chi connectivity index (χ3n) is 4.13. The van der Waals surface area contributed by atoms with Gasteiger partial charge in [-0.05, 0) is 37.5 Å². The highest BCUT2D eigenvalue weighted by Gasteiger charge is 2.14. The molecule has 2 N–H and O–H groups in total. The van der Waals surface area contributed by atoms with E-state index < -0.39 is 0 Å². The molecule has 3 rings (SSSR count). The third-order valence-corrected chi connectivity index (χ3v) is 4.37. The number of fused-ring (bicyclic) bond motifs is 1. The van der Waals surface area contributed by atoms with E-state index in [1.165, 1.54) is 19.3 Å². The summed E-state index contributed by atoms with van der Waals surface area (Å²) < 4.78 is 2.25. The minimum absolute atomic E-state index is 0.225. The summed E-state index contributed by atoms with van der Waals surface area (Å²) in [6, 6.07) is 6.86. The summed E-state index contributed by atoms with van der Waals surface area (Å²) in [6.07, 6.45) is 6.33. The Morgan fingerprint density at radius 1 is 1.25 bits per heavy atom. The van der Waals surface area contributed by atoms with Crippen LogP contribution in [0.1, 0.15) is 37.3 Å². The van der Waals surface area contributed by atoms with Crippen molar-refractivity contribution in [2.75, 3.05) is 11.9 Å². The Morgan fingerprint density at radius 3 is 3.04 bits per heavy atom. The van der Waals surface area contributed by atoms with Crippen molar-refractivity contribution in [3.05, 3.63) is 40.9 Å². The van der Waals surface area contributed by atoms with Crippen LogP contribution in [0.15, 0.2) is 24.3 Å². The molecule has 0 radical (unpaired) electrons. The fourth-order valence-electron chi connectivity index (χ4n) is 2.92. The predicted molar refractivity (Wildman–Crippen MR) is 94.4 cm³/mol. The minimum Gasteiger partial charge on any atom is -0.338 e. The second-order valence-corrected chi connectivity index (χ2v) is 6.43. The van der Waals surface area contributed by atoms with E-state index >= 15 is 0 Å². The van der Waals surface area contributed by atoms with Crippen molar-refractivity contribution in [3.8, 4) is 0 Å². The lowest BCUT2D eigenvalue weighted by molar-refractivity contribution is 0.252. The lowest BCUT2D eigenvalue weighted by Gasteiger charge is -2.09. The zero-order valence-corrected chi connectivity index (χ0v) is 14.4. The average Bonchev–Trinajstić information content (AvgIpc) is 2.78. The number of hydrogen-bond acceptors (Lipinski definition) is 3. The zero-order chi connectivity index (χ0) is 16.8. The molecule has 0 spiro atoms. The first-order valence-electron chi connectivity index (χ1n) is 8.44. The maximum absolute atomic E-state index is 11.9. The monoisotopic (exact) mass is 347 g/mol. The molecule has 0 bridgehead atoms. The summed E-state index contributed by atoms with van der Waals surface area (Å²) in [6.45, 7) is 1.61. The second-order valence-electron chi connectivity index (χ2n) is 5.99. The van der Waals surface area contributed by atoms with Crippen LogP contribution in [0.5, 0.6) is 0 Å². The van der Waals surface area contributed by atoms with Crippen molar-refractivity contribution >= 4 is 23.3 Å². The number of halogens is 1. The highest BCUT2D eigenvalue weighted by molar-refractivity contribution is 6.30. The fraction of sp³-hybridized carbons (Fsp3) is 0.471. The number of amides is 2. The summed E-state index contributed by atoms with van der Waals surface area (Å²) in [5.74, 6) is 2.14. The van der Waals surface area contributed by atoms with Crippen LogP contribution in [-0.4, -0.2) is 27.3 Å². The number of nitrogens with one attached hydrogen (secondary N) is 2. The smallest absolute Gasteiger partial charge is 0.319 e. The standard InChI is InChI=1S/C17H22ClN5O/c18-13-6-4-7-14(12-13)20-17(24)19-10-5-9-16-22-21-15-8-2-1-3-11-23(15)16/h4,6-7,12H,1-3,5,8-11H2,(H2,19,20,24). The summed E-state index contributed by atoms with van der Waals surface area (Å²) >= 11 is 5.89. The highest BCUT2D eigenvalue weighted by atomic mass is 35.5. The molecule has 6 nitrogen and oxygen atoms in total. The van der Waals surface area contributed by atoms with Gasteiger partial charge in [-0.3, -0.25) is 0 Å². The average molecular weight is 348 g/mol. The molecule has 1 aromatic heterocycles. The van der Waals surface area contributed by atoms with Crippen LogP contribution >= 0.6 is 11.6 Å². The molecular weight excluding hydrogens is 326 g/mol. The molecule has 1 aliphatic rings. The van der Waals surface area contributed by atoms with E-state index in [4.69, 9.17) is 11.6 Å². The van der Waals surface area contributed by atoms with Gasteiger partial charge in [0.2, 0.25) is 0 Å². The number of carbonyl (C=O) groups is 1. The van der Waals surface area contributed by atoms with Crippen molar-refractivity contribution < 1.29 is 4.79 Å². The molecular formula is C17H22ClN5O. The maximum atomic E-state index is 11.9. The van der Waals surface area contributed by atoms with Crippen LogP contribution in [0, 0.1) is 0 Å². The highest BCUT2D eigenvalue weighted by Crippen LogP contribution is 2.16. The van der Waals surface area contributed by atoms with E-state index in [2.05, 4.69) is 25.4 Å². The number of aromatic nitrogens is 3. The van der Waals surface area contributed by atoms with Gasteiger partial charge in [0.05, 0.1) is 0 Å². The quantitative estimate of drug-likeness (QED) is 0.814. The zero-order valence-electron chi connectivity index (χ0n) is 13.6. The molecule has 7 heteroatoms. The Balaban J connectivity index is 1.42. The summed E-state index contributed by atoms with van der Waals surface area (Å²) in [5.41, 5.74) is 0.683. The van der Waals surface area contributed by atoms with Crippen molar-refractivity contribution in [2.24, 2.45) is 0 Å². The molecule has 0 aliphatic carbocycles. The van der Waals surface area contributed by atoms with Gasteiger partial charge in [0.1, 0.15) is 11.6 Å². The molecule has 0 saturated heterocycles. The van der Waals surface area contributed by atoms with Crippen molar-refractivity contribution in [1.82, 2.24) is 20.1 Å². The van der Waals surface area contributed by atoms with Gasteiger partial charge in [-0.1, -0.05) is 24.1 Å². The first-order chi connectivity index (χ1) is 11.7. The Labute approximate surface area is 146 Å². The van der Waals surface area contributed by atoms with Gasteiger partial charge >= 0.3 is 6.03 Å². The van der Waals surface area contributed by atoms with Gasteiger partial charge in [-0.2, -0.15) is 0 Å². The number of hydrogen-bond donors (Lipinski definition) is 2. The van der Waals surface area contributed by atoms with E-state index in [0.29, 0.717) is 17.3 Å². The topological polar surface area (TPSA) is 71.8 Å². The van der Waals surface area contributed by atoms with Gasteiger partial charge in [-0.15, -0.1) is 10.2 Å². The molecule has 2 aromatic rings. The first kappa shape index (κ1) is 16.8. The molecule has 0 unspecified atom stereocenters. The van der Waals surface area contributed by atoms with Crippen LogP contribution in [0.2, 0.25) is 5.02 Å². The summed E-state index contributed by atoms with van der Waals surface area (Å²) in [7, 11) is 0. The van der Waals surface area contributed by atoms with Gasteiger partial charge in [0.15, 0.2) is 0 Å². The lowest BCUT2D eigenvalue weighted by atomic mass is 10.2. The number of carbonyl (C=O) groups excluding carboxylic acids is 1. The van der Waals surface area contributed by atoms with Crippen LogP contribution < -0.4 is 10.6 Å². The molecule has 24 heavy (non-hydrogen) atoms. The molecule has 1 aliphatic heterocycles. The molecule has 0 saturated carbocycles. The Bertz CT molecular complexity index is 700. The molecule has 2 heterocycles. The van der Waals surface area contributed by atoms with Crippen LogP contribution in [0.3, 0.4) is 0 Å². The summed E-state index contributed by atoms with van der Waals surface area (Å²) in [5, 5.41) is 14.8. The van der Waals surface area contributed by atoms with Gasteiger partial charge in [0, 0.05) is 36.6 Å². The van der Waals surface area contributed by atoms with E-state index in [0.717, 1.165) is 37.5 Å². The molecule has 1 aromatic carbocycles. The van der Waals surface area contributed by atoms with E-state index in [-0.39, 0.29) is 6.03 Å². The molecule has 0 atom stereocenters. The second kappa shape index (κ2) is 8.15. The number of rotatable bonds is 5. The first-order valence-corrected chi connectivity index (χ1v) is 8.81. The third kappa shape index (κ3) is 4.47. The predicted octanol–water partition coefficient (Wildman–Crippen LogP) is 3.41. The number of anilines is 1. The number of urea groups is 1. The van der Waals surface area contributed by atoms with Gasteiger partial charge < -0.3 is 15.2 Å². The van der Waals surface area contributed by atoms with E-state index in [1.807, 2.05) is 0 Å². The van der Waals surface area contributed by atoms with Gasteiger partial charge in [0.25, 0.3) is 0 Å². The number of aryl methyl sites for hydroxylation is 2. The normalized spacial score (nSPS) is 13.9. The summed E-state index contributed by atoms with van der Waals surface area (Å²) in [4.78, 5) is 11.9. The van der Waals surface area contributed by atoms with Crippen molar-refractivity contribution in [2.45, 2.75) is 45.1 Å². The molecule has 2 amide bonds. The molecule has 0 fully saturated rings. The SMILES string of the molecule is O=C(NCCCc1nnc2n1CCCCC2)Nc1cccc(Cl)c1. The Kier molecular flexibility index (Phi) is 5.69. The van der Waals surface area contributed by atoms with Crippen LogP contribution in [-0.2, 0) is 19.4 Å². The van der Waals surface area contributed by atoms with Crippen LogP contribution in [0.25, 0.3) is 0 Å². The number of nitrogens with zero attached hydrogens (tertiary/aromatic N) is 3. The van der Waals surface area contributed by atoms with E-state index in [1.54, 1.807) is 24.3 Å². The minimum atomic E-state index is -0.225. The number of benzene rings is 1. The maximum Gasteiger partial charge on any atom is 0.319 e. The van der Waals surface area contributed by atoms with Crippen LogP contribution in [0.4, 0.5) is 10.5 Å². The Morgan fingerprint density at radius 2 is 2.17 bits per heavy atom. The van der Waals surface area contributed by atoms with Gasteiger partial charge in [-0.25, -0.2) is 4.79 Å². The Hall–Kier alpha value is -2.08.